The third-order valence-electron chi connectivity index (χ3n) is 2.70. The zero-order chi connectivity index (χ0) is 12.4. The molecule has 2 rings (SSSR count). The Balaban J connectivity index is 2.45. The van der Waals surface area contributed by atoms with Crippen molar-refractivity contribution in [2.75, 3.05) is 18.6 Å². The van der Waals surface area contributed by atoms with E-state index >= 15 is 0 Å². The van der Waals surface area contributed by atoms with Crippen molar-refractivity contribution in [1.82, 2.24) is 0 Å². The molecule has 0 aliphatic carbocycles. The van der Waals surface area contributed by atoms with Gasteiger partial charge in [0.15, 0.2) is 0 Å². The maximum atomic E-state index is 11.8. The molecule has 1 aliphatic rings. The predicted octanol–water partition coefficient (Wildman–Crippen LogP) is 1.80. The first-order chi connectivity index (χ1) is 8.19. The Morgan fingerprint density at radius 3 is 2.76 bits per heavy atom. The zero-order valence-corrected chi connectivity index (χ0v) is 9.77. The summed E-state index contributed by atoms with van der Waals surface area (Å²) >= 11 is 0. The summed E-state index contributed by atoms with van der Waals surface area (Å²) in [6.45, 7) is 2.27. The molecule has 0 aromatic heterocycles. The fourth-order valence-electron chi connectivity index (χ4n) is 1.79. The van der Waals surface area contributed by atoms with Gasteiger partial charge in [0.05, 0.1) is 18.4 Å². The summed E-state index contributed by atoms with van der Waals surface area (Å²) in [5.74, 6) is -0.296. The molecule has 0 N–H and O–H groups in total. The van der Waals surface area contributed by atoms with E-state index in [0.717, 1.165) is 0 Å². The van der Waals surface area contributed by atoms with Crippen LogP contribution in [0.1, 0.15) is 17.3 Å². The predicted molar refractivity (Wildman–Crippen MR) is 64.5 cm³/mol. The molecule has 4 heteroatoms. The highest BCUT2D eigenvalue weighted by atomic mass is 16.5. The number of hydrogen-bond donors (Lipinski definition) is 0. The van der Waals surface area contributed by atoms with E-state index in [-0.39, 0.29) is 0 Å². The van der Waals surface area contributed by atoms with Crippen molar-refractivity contribution < 1.29 is 14.3 Å². The van der Waals surface area contributed by atoms with E-state index in [2.05, 4.69) is 0 Å². The number of amides is 1. The molecule has 1 aliphatic heterocycles. The number of nitrogens with zero attached hydrogens (tertiary/aromatic N) is 1. The van der Waals surface area contributed by atoms with Gasteiger partial charge >= 0.3 is 0 Å². The number of ketones is 1. The highest BCUT2D eigenvalue weighted by Crippen LogP contribution is 2.32. The van der Waals surface area contributed by atoms with E-state index in [1.54, 1.807) is 25.3 Å². The summed E-state index contributed by atoms with van der Waals surface area (Å²) in [5.41, 5.74) is 1.07. The van der Waals surface area contributed by atoms with Gasteiger partial charge in [-0.05, 0) is 19.1 Å². The van der Waals surface area contributed by atoms with Gasteiger partial charge in [0, 0.05) is 12.6 Å². The summed E-state index contributed by atoms with van der Waals surface area (Å²) in [6, 6.07) is 5.02. The molecule has 1 aromatic carbocycles. The molecule has 88 valence electrons. The molecule has 1 amide bonds. The lowest BCUT2D eigenvalue weighted by Crippen LogP contribution is -2.29. The van der Waals surface area contributed by atoms with Crippen LogP contribution in [0, 0.1) is 0 Å². The standard InChI is InChI=1S/C13H13NO3/c1-3-4-7-14-11-8-9(17-2)5-6-10(11)12(15)13(14)16/h3-6,8H,7H2,1-2H3. The van der Waals surface area contributed by atoms with E-state index in [9.17, 15) is 9.59 Å². The number of hydrogen-bond acceptors (Lipinski definition) is 3. The number of carbonyl (C=O) groups is 2. The van der Waals surface area contributed by atoms with Crippen molar-refractivity contribution in [2.45, 2.75) is 6.92 Å². The van der Waals surface area contributed by atoms with Gasteiger partial charge in [-0.15, -0.1) is 0 Å². The lowest BCUT2D eigenvalue weighted by Gasteiger charge is -2.14. The van der Waals surface area contributed by atoms with Crippen molar-refractivity contribution in [2.24, 2.45) is 0 Å². The van der Waals surface area contributed by atoms with E-state index in [1.807, 2.05) is 19.1 Å². The molecule has 4 nitrogen and oxygen atoms in total. The molecule has 0 fully saturated rings. The zero-order valence-electron chi connectivity index (χ0n) is 9.77. The second-order valence-corrected chi connectivity index (χ2v) is 3.70. The number of rotatable bonds is 3. The minimum atomic E-state index is -0.480. The van der Waals surface area contributed by atoms with E-state index in [0.29, 0.717) is 23.5 Å². The minimum Gasteiger partial charge on any atom is -0.497 e. The van der Waals surface area contributed by atoms with Crippen LogP contribution < -0.4 is 9.64 Å². The quantitative estimate of drug-likeness (QED) is 0.588. The van der Waals surface area contributed by atoms with Crippen molar-refractivity contribution in [3.05, 3.63) is 35.9 Å². The molecule has 1 heterocycles. The first-order valence-electron chi connectivity index (χ1n) is 5.34. The van der Waals surface area contributed by atoms with Gasteiger partial charge in [0.2, 0.25) is 0 Å². The molecule has 0 saturated carbocycles. The molecule has 0 saturated heterocycles. The van der Waals surface area contributed by atoms with Crippen LogP contribution in [-0.2, 0) is 4.79 Å². The number of carbonyl (C=O) groups excluding carboxylic acids is 2. The van der Waals surface area contributed by atoms with Crippen molar-refractivity contribution in [1.29, 1.82) is 0 Å². The van der Waals surface area contributed by atoms with Crippen LogP contribution >= 0.6 is 0 Å². The second-order valence-electron chi connectivity index (χ2n) is 3.70. The van der Waals surface area contributed by atoms with Gasteiger partial charge in [-0.2, -0.15) is 0 Å². The SMILES string of the molecule is CC=CCN1C(=O)C(=O)c2ccc(OC)cc21. The lowest BCUT2D eigenvalue weighted by molar-refractivity contribution is -0.114. The Morgan fingerprint density at radius 2 is 2.12 bits per heavy atom. The third kappa shape index (κ3) is 1.82. The summed E-state index contributed by atoms with van der Waals surface area (Å²) in [7, 11) is 1.55. The van der Waals surface area contributed by atoms with Gasteiger partial charge < -0.3 is 9.64 Å². The summed E-state index contributed by atoms with van der Waals surface area (Å²) in [5, 5.41) is 0. The molecule has 0 radical (unpaired) electrons. The van der Waals surface area contributed by atoms with Gasteiger partial charge in [-0.3, -0.25) is 9.59 Å². The number of methoxy groups -OCH3 is 1. The average molecular weight is 231 g/mol. The van der Waals surface area contributed by atoms with Crippen LogP contribution in [0.5, 0.6) is 5.75 Å². The molecule has 0 bridgehead atoms. The minimum absolute atomic E-state index is 0.404. The molecule has 17 heavy (non-hydrogen) atoms. The number of Topliss-reactive ketones (excluding diaryl/α,β-unsaturated/α-hetero) is 1. The van der Waals surface area contributed by atoms with Gasteiger partial charge in [-0.25, -0.2) is 0 Å². The Bertz CT molecular complexity index is 505. The van der Waals surface area contributed by atoms with E-state index in [1.165, 1.54) is 4.90 Å². The normalized spacial score (nSPS) is 14.6. The Morgan fingerprint density at radius 1 is 1.35 bits per heavy atom. The van der Waals surface area contributed by atoms with Crippen LogP contribution in [0.3, 0.4) is 0 Å². The first kappa shape index (κ1) is 11.4. The van der Waals surface area contributed by atoms with Crippen molar-refractivity contribution in [3.63, 3.8) is 0 Å². The first-order valence-corrected chi connectivity index (χ1v) is 5.34. The van der Waals surface area contributed by atoms with Gasteiger partial charge in [-0.1, -0.05) is 12.2 Å². The number of anilines is 1. The molecular weight excluding hydrogens is 218 g/mol. The molecule has 1 aromatic rings. The van der Waals surface area contributed by atoms with E-state index < -0.39 is 11.7 Å². The average Bonchev–Trinajstić information content (AvgIpc) is 2.59. The Labute approximate surface area is 99.5 Å². The van der Waals surface area contributed by atoms with Crippen LogP contribution in [0.2, 0.25) is 0 Å². The topological polar surface area (TPSA) is 46.6 Å². The molecule has 0 unspecified atom stereocenters. The third-order valence-corrected chi connectivity index (χ3v) is 2.70. The van der Waals surface area contributed by atoms with Crippen molar-refractivity contribution >= 4 is 17.4 Å². The maximum Gasteiger partial charge on any atom is 0.299 e. The Hall–Kier alpha value is -2.10. The number of benzene rings is 1. The number of allylic oxidation sites excluding steroid dienone is 1. The molecule has 0 atom stereocenters. The number of ether oxygens (including phenoxy) is 1. The highest BCUT2D eigenvalue weighted by Gasteiger charge is 2.35. The molecular formula is C13H13NO3. The molecule has 0 spiro atoms. The maximum absolute atomic E-state index is 11.8. The summed E-state index contributed by atoms with van der Waals surface area (Å²) < 4.78 is 5.10. The summed E-state index contributed by atoms with van der Waals surface area (Å²) in [4.78, 5) is 24.9. The monoisotopic (exact) mass is 231 g/mol. The van der Waals surface area contributed by atoms with Gasteiger partial charge in [0.1, 0.15) is 5.75 Å². The van der Waals surface area contributed by atoms with E-state index in [4.69, 9.17) is 4.74 Å². The summed E-state index contributed by atoms with van der Waals surface area (Å²) in [6.07, 6.45) is 3.68. The lowest BCUT2D eigenvalue weighted by atomic mass is 10.1. The fraction of sp³-hybridized carbons (Fsp3) is 0.231. The van der Waals surface area contributed by atoms with Crippen LogP contribution in [0.25, 0.3) is 0 Å². The largest absolute Gasteiger partial charge is 0.497 e. The highest BCUT2D eigenvalue weighted by molar-refractivity contribution is 6.52. The van der Waals surface area contributed by atoms with Crippen molar-refractivity contribution in [3.8, 4) is 5.75 Å². The second kappa shape index (κ2) is 4.41. The Kier molecular flexibility index (Phi) is 2.95. The van der Waals surface area contributed by atoms with Crippen LogP contribution in [-0.4, -0.2) is 25.3 Å². The van der Waals surface area contributed by atoms with Gasteiger partial charge in [0.25, 0.3) is 11.7 Å². The smallest absolute Gasteiger partial charge is 0.299 e. The number of fused-ring (bicyclic) bond motifs is 1. The van der Waals surface area contributed by atoms with Crippen LogP contribution in [0.4, 0.5) is 5.69 Å². The fourth-order valence-corrected chi connectivity index (χ4v) is 1.79. The van der Waals surface area contributed by atoms with Crippen LogP contribution in [0.15, 0.2) is 30.4 Å².